The predicted octanol–water partition coefficient (Wildman–Crippen LogP) is 0.886. The molecule has 4 rings (SSSR count). The molecule has 26 heavy (non-hydrogen) atoms. The Kier molecular flexibility index (Phi) is 5.07. The lowest BCUT2D eigenvalue weighted by molar-refractivity contribution is 0.122. The fourth-order valence-corrected chi connectivity index (χ4v) is 5.69. The smallest absolute Gasteiger partial charge is 0.252 e. The van der Waals surface area contributed by atoms with Gasteiger partial charge in [-0.15, -0.1) is 11.3 Å². The van der Waals surface area contributed by atoms with Gasteiger partial charge in [0.05, 0.1) is 13.2 Å². The van der Waals surface area contributed by atoms with Gasteiger partial charge in [-0.05, 0) is 17.5 Å². The van der Waals surface area contributed by atoms with E-state index < -0.39 is 10.0 Å². The third-order valence-corrected chi connectivity index (χ3v) is 7.85. The van der Waals surface area contributed by atoms with E-state index in [1.165, 1.54) is 11.3 Å². The van der Waals surface area contributed by atoms with E-state index in [0.29, 0.717) is 49.6 Å². The molecule has 0 bridgehead atoms. The average Bonchev–Trinajstić information content (AvgIpc) is 3.25. The van der Waals surface area contributed by atoms with E-state index in [1.54, 1.807) is 28.0 Å². The average molecular weight is 396 g/mol. The molecule has 0 saturated carbocycles. The molecule has 0 aromatic carbocycles. The number of piperazine rings is 1. The third-order valence-electron chi connectivity index (χ3n) is 4.57. The SMILES string of the molecule is O=S(=O)(c1cccs1)N1CCN(c2ccnc(N3CCOCC3)n2)CC1. The first kappa shape index (κ1) is 17.7. The molecule has 0 N–H and O–H groups in total. The van der Waals surface area contributed by atoms with E-state index in [2.05, 4.69) is 19.8 Å². The Morgan fingerprint density at radius 2 is 1.77 bits per heavy atom. The topological polar surface area (TPSA) is 78.9 Å². The Hall–Kier alpha value is -1.75. The van der Waals surface area contributed by atoms with Crippen LogP contribution in [0.4, 0.5) is 11.8 Å². The zero-order valence-corrected chi connectivity index (χ0v) is 16.0. The van der Waals surface area contributed by atoms with Crippen LogP contribution in [0.15, 0.2) is 34.0 Å². The van der Waals surface area contributed by atoms with Crippen LogP contribution >= 0.6 is 11.3 Å². The summed E-state index contributed by atoms with van der Waals surface area (Å²) in [5.74, 6) is 1.55. The van der Waals surface area contributed by atoms with Gasteiger partial charge in [0.15, 0.2) is 0 Å². The molecular weight excluding hydrogens is 374 g/mol. The van der Waals surface area contributed by atoms with Crippen molar-refractivity contribution < 1.29 is 13.2 Å². The van der Waals surface area contributed by atoms with Gasteiger partial charge in [-0.25, -0.2) is 13.4 Å². The summed E-state index contributed by atoms with van der Waals surface area (Å²) < 4.78 is 32.6. The van der Waals surface area contributed by atoms with Crippen molar-refractivity contribution in [3.63, 3.8) is 0 Å². The number of hydrogen-bond acceptors (Lipinski definition) is 8. The van der Waals surface area contributed by atoms with Crippen molar-refractivity contribution >= 4 is 33.1 Å². The molecule has 140 valence electrons. The van der Waals surface area contributed by atoms with Gasteiger partial charge in [0.1, 0.15) is 10.0 Å². The fourth-order valence-electron chi connectivity index (χ4n) is 3.13. The van der Waals surface area contributed by atoms with Gasteiger partial charge in [-0.1, -0.05) is 6.07 Å². The number of thiophene rings is 1. The number of aromatic nitrogens is 2. The molecule has 2 aliphatic heterocycles. The maximum atomic E-state index is 12.6. The maximum absolute atomic E-state index is 12.6. The minimum atomic E-state index is -3.38. The van der Waals surface area contributed by atoms with Crippen LogP contribution in [0.1, 0.15) is 0 Å². The Morgan fingerprint density at radius 1 is 1.00 bits per heavy atom. The third kappa shape index (κ3) is 3.54. The molecule has 2 aromatic rings. The summed E-state index contributed by atoms with van der Waals surface area (Å²) in [4.78, 5) is 13.3. The summed E-state index contributed by atoms with van der Waals surface area (Å²) in [6.07, 6.45) is 1.77. The minimum absolute atomic E-state index is 0.405. The number of sulfonamides is 1. The number of hydrogen-bond donors (Lipinski definition) is 0. The molecular formula is C16H21N5O3S2. The van der Waals surface area contributed by atoms with Gasteiger partial charge >= 0.3 is 0 Å². The number of anilines is 2. The van der Waals surface area contributed by atoms with Gasteiger partial charge < -0.3 is 14.5 Å². The number of ether oxygens (including phenoxy) is 1. The summed E-state index contributed by atoms with van der Waals surface area (Å²) in [6.45, 7) is 5.09. The number of rotatable bonds is 4. The minimum Gasteiger partial charge on any atom is -0.378 e. The molecule has 10 heteroatoms. The van der Waals surface area contributed by atoms with Crippen molar-refractivity contribution in [2.45, 2.75) is 4.21 Å². The Labute approximate surface area is 157 Å². The summed E-state index contributed by atoms with van der Waals surface area (Å²) in [7, 11) is -3.38. The van der Waals surface area contributed by atoms with Gasteiger partial charge in [-0.3, -0.25) is 0 Å². The lowest BCUT2D eigenvalue weighted by Gasteiger charge is -2.35. The molecule has 0 aliphatic carbocycles. The van der Waals surface area contributed by atoms with Gasteiger partial charge in [0.2, 0.25) is 5.95 Å². The Morgan fingerprint density at radius 3 is 2.46 bits per heavy atom. The number of morpholine rings is 1. The second-order valence-corrected chi connectivity index (χ2v) is 9.25. The van der Waals surface area contributed by atoms with E-state index in [-0.39, 0.29) is 0 Å². The molecule has 0 unspecified atom stereocenters. The second kappa shape index (κ2) is 7.47. The summed E-state index contributed by atoms with van der Waals surface area (Å²) in [5.41, 5.74) is 0. The largest absolute Gasteiger partial charge is 0.378 e. The monoisotopic (exact) mass is 395 g/mol. The predicted molar refractivity (Wildman–Crippen MR) is 100 cm³/mol. The summed E-state index contributed by atoms with van der Waals surface area (Å²) in [6, 6.07) is 5.31. The van der Waals surface area contributed by atoms with Crippen LogP contribution in [0.3, 0.4) is 0 Å². The Balaban J connectivity index is 1.43. The fraction of sp³-hybridized carbons (Fsp3) is 0.500. The lowest BCUT2D eigenvalue weighted by Crippen LogP contribution is -2.49. The van der Waals surface area contributed by atoms with Crippen LogP contribution in [0.25, 0.3) is 0 Å². The van der Waals surface area contributed by atoms with E-state index in [0.717, 1.165) is 18.9 Å². The van der Waals surface area contributed by atoms with Crippen molar-refractivity contribution in [1.29, 1.82) is 0 Å². The van der Waals surface area contributed by atoms with Crippen molar-refractivity contribution in [2.24, 2.45) is 0 Å². The van der Waals surface area contributed by atoms with Crippen molar-refractivity contribution in [3.05, 3.63) is 29.8 Å². The van der Waals surface area contributed by atoms with Gasteiger partial charge in [0.25, 0.3) is 10.0 Å². The highest BCUT2D eigenvalue weighted by molar-refractivity contribution is 7.91. The normalized spacial score (nSPS) is 19.7. The van der Waals surface area contributed by atoms with Crippen LogP contribution in [-0.2, 0) is 14.8 Å². The van der Waals surface area contributed by atoms with Crippen LogP contribution in [0, 0.1) is 0 Å². The lowest BCUT2D eigenvalue weighted by atomic mass is 10.3. The molecule has 4 heterocycles. The van der Waals surface area contributed by atoms with Crippen molar-refractivity contribution in [3.8, 4) is 0 Å². The molecule has 0 spiro atoms. The zero-order valence-electron chi connectivity index (χ0n) is 14.3. The molecule has 2 aliphatic rings. The quantitative estimate of drug-likeness (QED) is 0.761. The molecule has 2 saturated heterocycles. The van der Waals surface area contributed by atoms with Crippen molar-refractivity contribution in [2.75, 3.05) is 62.3 Å². The molecule has 0 radical (unpaired) electrons. The van der Waals surface area contributed by atoms with E-state index in [4.69, 9.17) is 4.74 Å². The first-order valence-corrected chi connectivity index (χ1v) is 10.9. The van der Waals surface area contributed by atoms with Crippen LogP contribution in [0.2, 0.25) is 0 Å². The zero-order chi connectivity index (χ0) is 18.0. The maximum Gasteiger partial charge on any atom is 0.252 e. The molecule has 8 nitrogen and oxygen atoms in total. The molecule has 0 amide bonds. The first-order valence-electron chi connectivity index (χ1n) is 8.59. The van der Waals surface area contributed by atoms with E-state index in [9.17, 15) is 8.42 Å². The van der Waals surface area contributed by atoms with E-state index in [1.807, 2.05) is 6.07 Å². The van der Waals surface area contributed by atoms with Crippen molar-refractivity contribution in [1.82, 2.24) is 14.3 Å². The second-order valence-electron chi connectivity index (χ2n) is 6.14. The molecule has 2 aromatic heterocycles. The number of nitrogens with zero attached hydrogens (tertiary/aromatic N) is 5. The molecule has 0 atom stereocenters. The standard InChI is InChI=1S/C16H21N5O3S2/c22-26(23,15-2-1-13-25-15)21-7-5-19(6-8-21)14-3-4-17-16(18-14)20-9-11-24-12-10-20/h1-4,13H,5-12H2. The van der Waals surface area contributed by atoms with E-state index >= 15 is 0 Å². The highest BCUT2D eigenvalue weighted by Gasteiger charge is 2.29. The van der Waals surface area contributed by atoms with Gasteiger partial charge in [-0.2, -0.15) is 9.29 Å². The first-order chi connectivity index (χ1) is 12.6. The summed E-state index contributed by atoms with van der Waals surface area (Å²) in [5, 5.41) is 1.79. The van der Waals surface area contributed by atoms with Crippen LogP contribution in [0.5, 0.6) is 0 Å². The Bertz CT molecular complexity index is 829. The van der Waals surface area contributed by atoms with Crippen LogP contribution in [-0.4, -0.2) is 75.2 Å². The highest BCUT2D eigenvalue weighted by Crippen LogP contribution is 2.24. The van der Waals surface area contributed by atoms with Crippen LogP contribution < -0.4 is 9.80 Å². The summed E-state index contributed by atoms with van der Waals surface area (Å²) >= 11 is 1.26. The molecule has 2 fully saturated rings. The van der Waals surface area contributed by atoms with Gasteiger partial charge in [0, 0.05) is 45.5 Å². The highest BCUT2D eigenvalue weighted by atomic mass is 32.2.